The molecule has 0 bridgehead atoms. The molecule has 0 saturated carbocycles. The van der Waals surface area contributed by atoms with Crippen molar-refractivity contribution in [3.8, 4) is 0 Å². The van der Waals surface area contributed by atoms with Crippen LogP contribution in [-0.2, 0) is 14.3 Å². The molecule has 142 valence electrons. The van der Waals surface area contributed by atoms with Crippen LogP contribution in [0.3, 0.4) is 0 Å². The molecule has 0 fully saturated rings. The lowest BCUT2D eigenvalue weighted by Gasteiger charge is -2.03. The molecule has 0 aliphatic rings. The number of rotatable bonds is 7. The molecule has 0 spiro atoms. The van der Waals surface area contributed by atoms with Crippen molar-refractivity contribution in [3.05, 3.63) is 64.0 Å². The van der Waals surface area contributed by atoms with Crippen LogP contribution in [0.15, 0.2) is 30.3 Å². The first-order chi connectivity index (χ1) is 12.8. The van der Waals surface area contributed by atoms with Crippen LogP contribution < -0.4 is 0 Å². The van der Waals surface area contributed by atoms with Crippen LogP contribution in [0.5, 0.6) is 0 Å². The number of ether oxygens (including phenoxy) is 2. The number of Topliss-reactive ketones (excluding diaryl/α,β-unsaturated/α-hetero) is 1. The summed E-state index contributed by atoms with van der Waals surface area (Å²) in [5.74, 6) is -1.51. The maximum absolute atomic E-state index is 12.3. The predicted octanol–water partition coefficient (Wildman–Crippen LogP) is 3.56. The Balaban J connectivity index is 1.99. The SMILES string of the molecule is CCOC(=O)c1c(C)[nH]c(C(=O)COC(=O)C=Cc2ccc(C)cc2)c1C. The molecule has 0 unspecified atom stereocenters. The van der Waals surface area contributed by atoms with Gasteiger partial charge in [-0.3, -0.25) is 4.79 Å². The van der Waals surface area contributed by atoms with Crippen molar-refractivity contribution in [2.45, 2.75) is 27.7 Å². The van der Waals surface area contributed by atoms with E-state index in [0.717, 1.165) is 11.1 Å². The minimum absolute atomic E-state index is 0.242. The lowest BCUT2D eigenvalue weighted by Crippen LogP contribution is -2.14. The van der Waals surface area contributed by atoms with Crippen molar-refractivity contribution < 1.29 is 23.9 Å². The van der Waals surface area contributed by atoms with Crippen LogP contribution in [0, 0.1) is 20.8 Å². The third kappa shape index (κ3) is 5.17. The quantitative estimate of drug-likeness (QED) is 0.458. The second-order valence-corrected chi connectivity index (χ2v) is 6.12. The maximum atomic E-state index is 12.3. The Morgan fingerprint density at radius 1 is 1.04 bits per heavy atom. The van der Waals surface area contributed by atoms with Gasteiger partial charge in [-0.2, -0.15) is 0 Å². The fraction of sp³-hybridized carbons (Fsp3) is 0.286. The van der Waals surface area contributed by atoms with E-state index in [1.54, 1.807) is 26.8 Å². The molecule has 27 heavy (non-hydrogen) atoms. The molecule has 0 aliphatic heterocycles. The van der Waals surface area contributed by atoms with Crippen LogP contribution in [0.1, 0.15) is 50.2 Å². The highest BCUT2D eigenvalue weighted by Gasteiger charge is 2.23. The van der Waals surface area contributed by atoms with E-state index in [1.807, 2.05) is 31.2 Å². The number of H-pyrrole nitrogens is 1. The van der Waals surface area contributed by atoms with Gasteiger partial charge in [0.25, 0.3) is 0 Å². The second-order valence-electron chi connectivity index (χ2n) is 6.12. The molecule has 0 atom stereocenters. The molecule has 0 radical (unpaired) electrons. The molecule has 1 aromatic carbocycles. The normalized spacial score (nSPS) is 10.8. The van der Waals surface area contributed by atoms with Crippen LogP contribution in [0.25, 0.3) is 6.08 Å². The summed E-state index contributed by atoms with van der Waals surface area (Å²) in [5.41, 5.74) is 3.59. The van der Waals surface area contributed by atoms with Gasteiger partial charge in [-0.1, -0.05) is 29.8 Å². The van der Waals surface area contributed by atoms with E-state index in [-0.39, 0.29) is 12.3 Å². The number of aromatic amines is 1. The van der Waals surface area contributed by atoms with E-state index >= 15 is 0 Å². The van der Waals surface area contributed by atoms with E-state index in [9.17, 15) is 14.4 Å². The first kappa shape index (κ1) is 20.2. The summed E-state index contributed by atoms with van der Waals surface area (Å²) in [6.07, 6.45) is 2.89. The average Bonchev–Trinajstić information content (AvgIpc) is 2.93. The minimum Gasteiger partial charge on any atom is -0.462 e. The topological polar surface area (TPSA) is 85.5 Å². The lowest BCUT2D eigenvalue weighted by molar-refractivity contribution is -0.136. The zero-order chi connectivity index (χ0) is 20.0. The number of carbonyl (C=O) groups is 3. The van der Waals surface area contributed by atoms with Gasteiger partial charge in [0, 0.05) is 11.8 Å². The zero-order valence-corrected chi connectivity index (χ0v) is 15.9. The summed E-state index contributed by atoms with van der Waals surface area (Å²) < 4.78 is 10.0. The molecule has 1 aromatic heterocycles. The van der Waals surface area contributed by atoms with Crippen molar-refractivity contribution in [3.63, 3.8) is 0 Å². The third-order valence-electron chi connectivity index (χ3n) is 4.03. The summed E-state index contributed by atoms with van der Waals surface area (Å²) in [6, 6.07) is 7.64. The van der Waals surface area contributed by atoms with E-state index < -0.39 is 24.3 Å². The number of hydrogen-bond acceptors (Lipinski definition) is 5. The highest BCUT2D eigenvalue weighted by atomic mass is 16.5. The monoisotopic (exact) mass is 369 g/mol. The molecule has 6 nitrogen and oxygen atoms in total. The molecule has 2 aromatic rings. The van der Waals surface area contributed by atoms with E-state index in [1.165, 1.54) is 6.08 Å². The van der Waals surface area contributed by atoms with Gasteiger partial charge in [0.15, 0.2) is 6.61 Å². The minimum atomic E-state index is -0.615. The van der Waals surface area contributed by atoms with E-state index in [4.69, 9.17) is 9.47 Å². The number of ketones is 1. The fourth-order valence-corrected chi connectivity index (χ4v) is 2.64. The van der Waals surface area contributed by atoms with Crippen molar-refractivity contribution in [2.24, 2.45) is 0 Å². The van der Waals surface area contributed by atoms with Gasteiger partial charge >= 0.3 is 11.9 Å². The first-order valence-corrected chi connectivity index (χ1v) is 8.64. The van der Waals surface area contributed by atoms with Gasteiger partial charge < -0.3 is 14.5 Å². The molecule has 0 amide bonds. The number of aryl methyl sites for hydroxylation is 2. The molecular weight excluding hydrogens is 346 g/mol. The lowest BCUT2D eigenvalue weighted by atomic mass is 10.1. The van der Waals surface area contributed by atoms with Gasteiger partial charge in [-0.05, 0) is 44.9 Å². The Morgan fingerprint density at radius 2 is 1.70 bits per heavy atom. The Hall–Kier alpha value is -3.15. The van der Waals surface area contributed by atoms with Gasteiger partial charge in [0.1, 0.15) is 0 Å². The molecule has 1 N–H and O–H groups in total. The molecule has 0 aliphatic carbocycles. The van der Waals surface area contributed by atoms with Gasteiger partial charge in [-0.15, -0.1) is 0 Å². The number of carbonyl (C=O) groups excluding carboxylic acids is 3. The van der Waals surface area contributed by atoms with Gasteiger partial charge in [-0.25, -0.2) is 9.59 Å². The second kappa shape index (κ2) is 8.98. The van der Waals surface area contributed by atoms with Crippen molar-refractivity contribution in [1.82, 2.24) is 4.98 Å². The third-order valence-corrected chi connectivity index (χ3v) is 4.03. The van der Waals surface area contributed by atoms with E-state index in [2.05, 4.69) is 4.98 Å². The number of aromatic nitrogens is 1. The molecule has 1 heterocycles. The summed E-state index contributed by atoms with van der Waals surface area (Å²) in [6.45, 7) is 6.86. The van der Waals surface area contributed by atoms with Crippen LogP contribution >= 0.6 is 0 Å². The van der Waals surface area contributed by atoms with Crippen molar-refractivity contribution in [2.75, 3.05) is 13.2 Å². The summed E-state index contributed by atoms with van der Waals surface area (Å²) in [7, 11) is 0. The molecule has 0 saturated heterocycles. The Labute approximate surface area is 158 Å². The molecule has 6 heteroatoms. The Bertz CT molecular complexity index is 875. The van der Waals surface area contributed by atoms with Crippen LogP contribution in [0.4, 0.5) is 0 Å². The van der Waals surface area contributed by atoms with Gasteiger partial charge in [0.2, 0.25) is 5.78 Å². The highest BCUT2D eigenvalue weighted by molar-refractivity contribution is 6.03. The number of esters is 2. The summed E-state index contributed by atoms with van der Waals surface area (Å²) in [4.78, 5) is 39.0. The summed E-state index contributed by atoms with van der Waals surface area (Å²) in [5, 5.41) is 0. The molecule has 2 rings (SSSR count). The standard InChI is InChI=1S/C21H23NO5/c1-5-26-21(25)19-14(3)20(22-15(19)4)17(23)12-27-18(24)11-10-16-8-6-13(2)7-9-16/h6-11,22H,5,12H2,1-4H3. The Kier molecular flexibility index (Phi) is 6.71. The fourth-order valence-electron chi connectivity index (χ4n) is 2.64. The maximum Gasteiger partial charge on any atom is 0.340 e. The number of hydrogen-bond donors (Lipinski definition) is 1. The number of nitrogens with one attached hydrogen (secondary N) is 1. The van der Waals surface area contributed by atoms with Crippen molar-refractivity contribution >= 4 is 23.8 Å². The van der Waals surface area contributed by atoms with Gasteiger partial charge in [0.05, 0.1) is 17.9 Å². The van der Waals surface area contributed by atoms with E-state index in [0.29, 0.717) is 16.8 Å². The zero-order valence-electron chi connectivity index (χ0n) is 15.9. The molecular formula is C21H23NO5. The Morgan fingerprint density at radius 3 is 2.33 bits per heavy atom. The number of benzene rings is 1. The van der Waals surface area contributed by atoms with Crippen LogP contribution in [0.2, 0.25) is 0 Å². The average molecular weight is 369 g/mol. The predicted molar refractivity (Wildman–Crippen MR) is 102 cm³/mol. The highest BCUT2D eigenvalue weighted by Crippen LogP contribution is 2.19. The largest absolute Gasteiger partial charge is 0.462 e. The first-order valence-electron chi connectivity index (χ1n) is 8.64. The summed E-state index contributed by atoms with van der Waals surface area (Å²) >= 11 is 0. The smallest absolute Gasteiger partial charge is 0.340 e. The van der Waals surface area contributed by atoms with Crippen LogP contribution in [-0.4, -0.2) is 35.9 Å². The van der Waals surface area contributed by atoms with Crippen molar-refractivity contribution in [1.29, 1.82) is 0 Å².